The third kappa shape index (κ3) is 4.16. The zero-order valence-corrected chi connectivity index (χ0v) is 22.0. The van der Waals surface area contributed by atoms with Gasteiger partial charge in [0.15, 0.2) is 0 Å². The molecule has 0 aliphatic heterocycles. The van der Waals surface area contributed by atoms with E-state index in [4.69, 9.17) is 0 Å². The van der Waals surface area contributed by atoms with E-state index in [-0.39, 0.29) is 51.0 Å². The van der Waals surface area contributed by atoms with Gasteiger partial charge in [0.1, 0.15) is 0 Å². The normalized spacial score (nSPS) is 10.5. The van der Waals surface area contributed by atoms with Crippen molar-refractivity contribution in [1.29, 1.82) is 0 Å². The molecule has 0 aliphatic carbocycles. The Morgan fingerprint density at radius 3 is 1.32 bits per heavy atom. The fraction of sp³-hybridized carbons (Fsp3) is 0.154. The van der Waals surface area contributed by atoms with E-state index in [1.54, 1.807) is 0 Å². The van der Waals surface area contributed by atoms with Crippen LogP contribution in [-0.4, -0.2) is 9.13 Å². The van der Waals surface area contributed by atoms with Crippen molar-refractivity contribution in [2.75, 3.05) is 0 Å². The molecule has 0 fully saturated rings. The summed E-state index contributed by atoms with van der Waals surface area (Å²) in [6.07, 6.45) is 0. The predicted molar refractivity (Wildman–Crippen MR) is 122 cm³/mol. The van der Waals surface area contributed by atoms with Crippen LogP contribution >= 0.6 is 0 Å². The van der Waals surface area contributed by atoms with Crippen LogP contribution in [0.25, 0.3) is 43.6 Å². The molecule has 0 amide bonds. The summed E-state index contributed by atoms with van der Waals surface area (Å²) >= 11 is 0. The van der Waals surface area contributed by atoms with Crippen LogP contribution < -0.4 is 24.8 Å². The Morgan fingerprint density at radius 2 is 0.935 bits per heavy atom. The Balaban J connectivity index is 0.000000201. The Hall–Kier alpha value is -1.80. The van der Waals surface area contributed by atoms with Crippen molar-refractivity contribution in [2.45, 2.75) is 13.8 Å². The molecule has 0 spiro atoms. The van der Waals surface area contributed by atoms with Crippen LogP contribution in [0, 0.1) is 13.8 Å². The molecule has 4 aromatic carbocycles. The number of halogens is 2. The number of para-hydroxylation sites is 2. The van der Waals surface area contributed by atoms with Gasteiger partial charge in [-0.25, -0.2) is 0 Å². The number of benzene rings is 2. The van der Waals surface area contributed by atoms with Gasteiger partial charge in [0.05, 0.1) is 0 Å². The van der Waals surface area contributed by atoms with E-state index in [0.717, 1.165) is 0 Å². The van der Waals surface area contributed by atoms with Gasteiger partial charge < -0.3 is 33.9 Å². The van der Waals surface area contributed by atoms with Crippen molar-refractivity contribution in [3.05, 3.63) is 83.9 Å². The molecule has 0 N–H and O–H groups in total. The van der Waals surface area contributed by atoms with Gasteiger partial charge in [0.2, 0.25) is 0 Å². The average molecular weight is 527 g/mol. The zero-order chi connectivity index (χ0) is 19.4. The number of hydrogen-bond donors (Lipinski definition) is 0. The second-order valence-electron chi connectivity index (χ2n) is 7.82. The first-order chi connectivity index (χ1) is 13.5. The van der Waals surface area contributed by atoms with Crippen LogP contribution in [0.15, 0.2) is 72.8 Å². The molecule has 6 aromatic rings. The number of nitrogens with zero attached hydrogens (tertiary/aromatic N) is 2. The third-order valence-corrected chi connectivity index (χ3v) is 5.86. The maximum atomic E-state index is 2.26. The maximum Gasteiger partial charge on any atom is 4.00 e. The first kappa shape index (κ1) is 25.5. The van der Waals surface area contributed by atoms with Crippen LogP contribution in [0.5, 0.6) is 0 Å². The molecule has 156 valence electrons. The SMILES string of the molecule is Cc1cc2c([cH-]1)c1ccccc1n2C.Cc1cc2c([cH-]1)c1ccccc1n2C.[Cl-].[Cl-].[Zr+4]. The van der Waals surface area contributed by atoms with E-state index in [9.17, 15) is 0 Å². The molecule has 2 nitrogen and oxygen atoms in total. The standard InChI is InChI=1S/2C13H12N.2ClH.Zr/c2*1-9-7-11-10-5-3-4-6-12(10)14(2)13(11)8-9;;;/h2*3-8H,1-2H3;2*1H;/q2*-1;;;+4/p-2. The largest absolute Gasteiger partial charge is 4.00 e. The Labute approximate surface area is 214 Å². The molecular formula is C26H24Cl2N2Zr. The van der Waals surface area contributed by atoms with Crippen LogP contribution in [0.3, 0.4) is 0 Å². The molecule has 5 heteroatoms. The molecular weight excluding hydrogens is 502 g/mol. The van der Waals surface area contributed by atoms with Crippen LogP contribution in [0.4, 0.5) is 0 Å². The minimum Gasteiger partial charge on any atom is -1.00 e. The molecule has 2 heterocycles. The molecule has 0 radical (unpaired) electrons. The predicted octanol–water partition coefficient (Wildman–Crippen LogP) is 0.723. The van der Waals surface area contributed by atoms with Gasteiger partial charge in [-0.1, -0.05) is 72.1 Å². The van der Waals surface area contributed by atoms with Crippen LogP contribution in [0.2, 0.25) is 0 Å². The van der Waals surface area contributed by atoms with Gasteiger partial charge in [-0.05, 0) is 23.2 Å². The zero-order valence-electron chi connectivity index (χ0n) is 18.1. The molecule has 2 aromatic heterocycles. The molecule has 0 unspecified atom stereocenters. The minimum atomic E-state index is 0. The second kappa shape index (κ2) is 9.78. The summed E-state index contributed by atoms with van der Waals surface area (Å²) < 4.78 is 4.52. The summed E-state index contributed by atoms with van der Waals surface area (Å²) in [5.41, 5.74) is 8.00. The fourth-order valence-corrected chi connectivity index (χ4v) is 4.51. The van der Waals surface area contributed by atoms with E-state index in [2.05, 4.69) is 110 Å². The number of hydrogen-bond acceptors (Lipinski definition) is 0. The topological polar surface area (TPSA) is 9.86 Å². The van der Waals surface area contributed by atoms with E-state index >= 15 is 0 Å². The van der Waals surface area contributed by atoms with Crippen molar-refractivity contribution in [3.8, 4) is 0 Å². The number of aryl methyl sites for hydroxylation is 4. The van der Waals surface area contributed by atoms with Crippen LogP contribution in [-0.2, 0) is 40.3 Å². The third-order valence-electron chi connectivity index (χ3n) is 5.86. The number of rotatable bonds is 0. The van der Waals surface area contributed by atoms with Gasteiger partial charge in [0.25, 0.3) is 0 Å². The van der Waals surface area contributed by atoms with E-state index in [0.29, 0.717) is 0 Å². The van der Waals surface area contributed by atoms with Crippen LogP contribution in [0.1, 0.15) is 11.1 Å². The van der Waals surface area contributed by atoms with E-state index in [1.165, 1.54) is 54.7 Å². The molecule has 31 heavy (non-hydrogen) atoms. The van der Waals surface area contributed by atoms with Gasteiger partial charge in [-0.15, -0.1) is 46.2 Å². The molecule has 0 saturated heterocycles. The molecule has 0 atom stereocenters. The van der Waals surface area contributed by atoms with Crippen molar-refractivity contribution in [3.63, 3.8) is 0 Å². The van der Waals surface area contributed by atoms with Gasteiger partial charge >= 0.3 is 26.2 Å². The van der Waals surface area contributed by atoms with Crippen molar-refractivity contribution >= 4 is 43.6 Å². The van der Waals surface area contributed by atoms with E-state index in [1.807, 2.05) is 0 Å². The maximum absolute atomic E-state index is 2.26. The van der Waals surface area contributed by atoms with Gasteiger partial charge in [0, 0.05) is 14.1 Å². The number of fused-ring (bicyclic) bond motifs is 6. The quantitative estimate of drug-likeness (QED) is 0.258. The molecule has 6 rings (SSSR count). The Kier molecular flexibility index (Phi) is 8.03. The Morgan fingerprint density at radius 1 is 0.581 bits per heavy atom. The molecule has 0 aliphatic rings. The smallest absolute Gasteiger partial charge is 1.00 e. The second-order valence-corrected chi connectivity index (χ2v) is 7.82. The van der Waals surface area contributed by atoms with Crippen molar-refractivity contribution in [1.82, 2.24) is 9.13 Å². The summed E-state index contributed by atoms with van der Waals surface area (Å²) in [6.45, 7) is 4.30. The molecule has 0 saturated carbocycles. The van der Waals surface area contributed by atoms with E-state index < -0.39 is 0 Å². The van der Waals surface area contributed by atoms with Crippen molar-refractivity contribution < 1.29 is 51.0 Å². The van der Waals surface area contributed by atoms with Gasteiger partial charge in [-0.2, -0.15) is 0 Å². The Bertz CT molecular complexity index is 1350. The summed E-state index contributed by atoms with van der Waals surface area (Å²) in [5, 5.41) is 5.47. The number of aromatic nitrogens is 2. The summed E-state index contributed by atoms with van der Waals surface area (Å²) in [6, 6.07) is 26.1. The molecule has 0 bridgehead atoms. The minimum absolute atomic E-state index is 0. The van der Waals surface area contributed by atoms with Crippen molar-refractivity contribution in [2.24, 2.45) is 14.1 Å². The first-order valence-electron chi connectivity index (χ1n) is 9.75. The fourth-order valence-electron chi connectivity index (χ4n) is 4.51. The summed E-state index contributed by atoms with van der Waals surface area (Å²) in [7, 11) is 4.26. The summed E-state index contributed by atoms with van der Waals surface area (Å²) in [5.74, 6) is 0. The monoisotopic (exact) mass is 524 g/mol. The summed E-state index contributed by atoms with van der Waals surface area (Å²) in [4.78, 5) is 0. The first-order valence-corrected chi connectivity index (χ1v) is 9.75. The average Bonchev–Trinajstić information content (AvgIpc) is 3.41. The van der Waals surface area contributed by atoms with Gasteiger partial charge in [-0.3, -0.25) is 0 Å².